The molecule has 4 heteroatoms. The number of rotatable bonds is 4. The summed E-state index contributed by atoms with van der Waals surface area (Å²) in [6.45, 7) is 0. The number of fused-ring (bicyclic) bond motifs is 1. The predicted molar refractivity (Wildman–Crippen MR) is 111 cm³/mol. The van der Waals surface area contributed by atoms with Crippen LogP contribution >= 0.6 is 0 Å². The summed E-state index contributed by atoms with van der Waals surface area (Å²) in [5.41, 5.74) is 4.18. The normalized spacial score (nSPS) is 20.0. The Bertz CT molecular complexity index is 889. The minimum atomic E-state index is 0.690. The van der Waals surface area contributed by atoms with Crippen molar-refractivity contribution in [1.82, 2.24) is 10.2 Å². The molecular weight excluding hydrogens is 348 g/mol. The predicted octanol–water partition coefficient (Wildman–Crippen LogP) is 5.01. The molecule has 1 aliphatic carbocycles. The molecule has 28 heavy (non-hydrogen) atoms. The second kappa shape index (κ2) is 8.81. The minimum absolute atomic E-state index is 0.690. The molecule has 2 aromatic carbocycles. The first kappa shape index (κ1) is 18.4. The Morgan fingerprint density at radius 1 is 0.929 bits per heavy atom. The molecule has 0 spiro atoms. The van der Waals surface area contributed by atoms with Crippen molar-refractivity contribution in [2.45, 2.75) is 31.5 Å². The molecule has 1 saturated carbocycles. The van der Waals surface area contributed by atoms with Gasteiger partial charge in [-0.25, -0.2) is 0 Å². The van der Waals surface area contributed by atoms with Crippen molar-refractivity contribution in [3.63, 3.8) is 0 Å². The topological polar surface area (TPSA) is 44.2 Å². The molecule has 2 atom stereocenters. The summed E-state index contributed by atoms with van der Waals surface area (Å²) in [7, 11) is 1.67. The Morgan fingerprint density at radius 2 is 1.61 bits per heavy atom. The van der Waals surface area contributed by atoms with Gasteiger partial charge >= 0.3 is 0 Å². The lowest BCUT2D eigenvalue weighted by atomic mass is 9.97. The Hall–Kier alpha value is -2.98. The Balaban J connectivity index is 0.000000268. The number of ether oxygens (including phenoxy) is 2. The molecular formula is C24H24N2O2. The van der Waals surface area contributed by atoms with Crippen molar-refractivity contribution in [3.8, 4) is 5.75 Å². The SMILES string of the molecule is C1CC2CC1O2.COc1ccc(C(=Cc2cccnn2)c2ccccc2)cc1. The molecule has 0 N–H and O–H groups in total. The van der Waals surface area contributed by atoms with Gasteiger partial charge in [-0.2, -0.15) is 10.2 Å². The second-order valence-corrected chi connectivity index (χ2v) is 6.99. The van der Waals surface area contributed by atoms with Crippen molar-refractivity contribution in [2.75, 3.05) is 7.11 Å². The monoisotopic (exact) mass is 372 g/mol. The summed E-state index contributed by atoms with van der Waals surface area (Å²) < 4.78 is 10.5. The lowest BCUT2D eigenvalue weighted by Crippen LogP contribution is -2.25. The second-order valence-electron chi connectivity index (χ2n) is 6.99. The van der Waals surface area contributed by atoms with E-state index in [0.717, 1.165) is 28.1 Å². The first-order valence-electron chi connectivity index (χ1n) is 9.66. The van der Waals surface area contributed by atoms with Crippen molar-refractivity contribution < 1.29 is 9.47 Å². The highest BCUT2D eigenvalue weighted by molar-refractivity contribution is 5.90. The molecule has 0 amide bonds. The van der Waals surface area contributed by atoms with Crippen LogP contribution in [-0.2, 0) is 4.74 Å². The fraction of sp³-hybridized carbons (Fsp3) is 0.250. The van der Waals surface area contributed by atoms with E-state index < -0.39 is 0 Å². The highest BCUT2D eigenvalue weighted by atomic mass is 16.5. The van der Waals surface area contributed by atoms with E-state index in [1.807, 2.05) is 60.7 Å². The third-order valence-corrected chi connectivity index (χ3v) is 5.09. The van der Waals surface area contributed by atoms with Gasteiger partial charge in [0.15, 0.2) is 0 Å². The maximum absolute atomic E-state index is 5.25. The van der Waals surface area contributed by atoms with Crippen molar-refractivity contribution in [2.24, 2.45) is 0 Å². The zero-order valence-corrected chi connectivity index (χ0v) is 16.0. The van der Waals surface area contributed by atoms with E-state index >= 15 is 0 Å². The Labute approximate surface area is 165 Å². The van der Waals surface area contributed by atoms with E-state index in [1.165, 1.54) is 19.3 Å². The quantitative estimate of drug-likeness (QED) is 0.646. The number of aromatic nitrogens is 2. The summed E-state index contributed by atoms with van der Waals surface area (Å²) in [4.78, 5) is 0. The van der Waals surface area contributed by atoms with Gasteiger partial charge in [-0.05, 0) is 66.3 Å². The van der Waals surface area contributed by atoms with Gasteiger partial charge < -0.3 is 9.47 Å². The highest BCUT2D eigenvalue weighted by Crippen LogP contribution is 2.36. The zero-order valence-electron chi connectivity index (χ0n) is 16.0. The van der Waals surface area contributed by atoms with Crippen molar-refractivity contribution in [3.05, 3.63) is 89.7 Å². The molecule has 0 radical (unpaired) electrons. The van der Waals surface area contributed by atoms with Crippen LogP contribution in [-0.4, -0.2) is 29.5 Å². The third kappa shape index (κ3) is 4.46. The Morgan fingerprint density at radius 3 is 2.14 bits per heavy atom. The van der Waals surface area contributed by atoms with E-state index in [0.29, 0.717) is 12.2 Å². The number of hydrogen-bond donors (Lipinski definition) is 0. The summed E-state index contributed by atoms with van der Waals surface area (Å²) in [5.74, 6) is 0.843. The number of benzene rings is 2. The van der Waals surface area contributed by atoms with Crippen LogP contribution in [0.1, 0.15) is 36.1 Å². The summed E-state index contributed by atoms with van der Waals surface area (Å²) >= 11 is 0. The third-order valence-electron chi connectivity index (χ3n) is 5.09. The van der Waals surface area contributed by atoms with Gasteiger partial charge in [0.25, 0.3) is 0 Å². The van der Waals surface area contributed by atoms with Gasteiger partial charge in [0.2, 0.25) is 0 Å². The van der Waals surface area contributed by atoms with E-state index in [4.69, 9.17) is 9.47 Å². The van der Waals surface area contributed by atoms with E-state index in [1.54, 1.807) is 13.3 Å². The van der Waals surface area contributed by atoms with Crippen LogP contribution in [0.4, 0.5) is 0 Å². The Kier molecular flexibility index (Phi) is 5.78. The number of nitrogens with zero attached hydrogens (tertiary/aromatic N) is 2. The van der Waals surface area contributed by atoms with Gasteiger partial charge in [-0.15, -0.1) is 0 Å². The lowest BCUT2D eigenvalue weighted by Gasteiger charge is -2.23. The number of methoxy groups -OCH3 is 1. The van der Waals surface area contributed by atoms with Gasteiger partial charge in [-0.1, -0.05) is 42.5 Å². The van der Waals surface area contributed by atoms with Gasteiger partial charge in [0.1, 0.15) is 5.75 Å². The average molecular weight is 372 g/mol. The lowest BCUT2D eigenvalue weighted by molar-refractivity contribution is -0.0647. The molecule has 3 fully saturated rings. The van der Waals surface area contributed by atoms with Crippen LogP contribution in [0.15, 0.2) is 72.9 Å². The summed E-state index contributed by atoms with van der Waals surface area (Å²) in [6, 6.07) is 22.1. The minimum Gasteiger partial charge on any atom is -0.497 e. The first-order chi connectivity index (χ1) is 13.8. The standard InChI is InChI=1S/C19H16N2O.C5H8O/c1-22-18-11-9-16(10-12-18)19(15-6-3-2-4-7-15)14-17-8-5-13-20-21-17;1-2-5-3-4(1)6-5/h2-14H,1H3;4-5H,1-3H2. The molecule has 2 bridgehead atoms. The largest absolute Gasteiger partial charge is 0.497 e. The number of hydrogen-bond acceptors (Lipinski definition) is 4. The molecule has 6 rings (SSSR count). The van der Waals surface area contributed by atoms with Crippen LogP contribution in [0.5, 0.6) is 5.75 Å². The van der Waals surface area contributed by atoms with E-state index in [9.17, 15) is 0 Å². The zero-order chi connectivity index (χ0) is 19.2. The smallest absolute Gasteiger partial charge is 0.118 e. The van der Waals surface area contributed by atoms with Gasteiger partial charge in [0.05, 0.1) is 25.0 Å². The van der Waals surface area contributed by atoms with E-state index in [2.05, 4.69) is 22.3 Å². The van der Waals surface area contributed by atoms with Crippen molar-refractivity contribution >= 4 is 11.6 Å². The summed E-state index contributed by atoms with van der Waals surface area (Å²) in [6.07, 6.45) is 9.14. The molecule has 142 valence electrons. The maximum Gasteiger partial charge on any atom is 0.118 e. The molecule has 2 aliphatic heterocycles. The first-order valence-corrected chi connectivity index (χ1v) is 9.66. The fourth-order valence-electron chi connectivity index (χ4n) is 3.56. The molecule has 1 aromatic heterocycles. The average Bonchev–Trinajstić information content (AvgIpc) is 3.41. The summed E-state index contributed by atoms with van der Waals surface area (Å²) in [5, 5.41) is 8.09. The van der Waals surface area contributed by atoms with Gasteiger partial charge in [0, 0.05) is 6.20 Å². The molecule has 3 aliphatic rings. The van der Waals surface area contributed by atoms with E-state index in [-0.39, 0.29) is 0 Å². The van der Waals surface area contributed by atoms with Gasteiger partial charge in [-0.3, -0.25) is 0 Å². The molecule has 3 aromatic rings. The molecule has 2 unspecified atom stereocenters. The van der Waals surface area contributed by atoms with Crippen LogP contribution in [0.25, 0.3) is 11.6 Å². The van der Waals surface area contributed by atoms with Crippen LogP contribution < -0.4 is 4.74 Å². The van der Waals surface area contributed by atoms with Crippen molar-refractivity contribution in [1.29, 1.82) is 0 Å². The molecule has 4 nitrogen and oxygen atoms in total. The maximum atomic E-state index is 5.25. The van der Waals surface area contributed by atoms with Crippen LogP contribution in [0.2, 0.25) is 0 Å². The fourth-order valence-corrected chi connectivity index (χ4v) is 3.56. The van der Waals surface area contributed by atoms with Crippen LogP contribution in [0.3, 0.4) is 0 Å². The van der Waals surface area contributed by atoms with Crippen LogP contribution in [0, 0.1) is 0 Å². The molecule has 2 saturated heterocycles. The molecule has 3 heterocycles. The highest BCUT2D eigenvalue weighted by Gasteiger charge is 2.36.